The zero-order valence-electron chi connectivity index (χ0n) is 12.5. The van der Waals surface area contributed by atoms with Crippen LogP contribution in [0.5, 0.6) is 5.75 Å². The number of hydrogen-bond donors (Lipinski definition) is 1. The maximum absolute atomic E-state index is 12.1. The van der Waals surface area contributed by atoms with Gasteiger partial charge in [-0.15, -0.1) is 11.8 Å². The largest absolute Gasteiger partial charge is 0.494 e. The molecule has 116 valence electrons. The smallest absolute Gasteiger partial charge is 0.233 e. The average molecular weight is 309 g/mol. The lowest BCUT2D eigenvalue weighted by molar-refractivity contribution is -0.128. The van der Waals surface area contributed by atoms with Gasteiger partial charge >= 0.3 is 0 Å². The molecule has 1 atom stereocenters. The highest BCUT2D eigenvalue weighted by Gasteiger charge is 2.32. The number of benzene rings is 1. The van der Waals surface area contributed by atoms with E-state index in [0.29, 0.717) is 12.4 Å². The van der Waals surface area contributed by atoms with Gasteiger partial charge in [0.2, 0.25) is 5.91 Å². The first kappa shape index (κ1) is 16.2. The van der Waals surface area contributed by atoms with Crippen molar-refractivity contribution in [2.45, 2.75) is 31.6 Å². The second kappa shape index (κ2) is 8.29. The van der Waals surface area contributed by atoms with Crippen molar-refractivity contribution in [3.05, 3.63) is 29.8 Å². The van der Waals surface area contributed by atoms with Gasteiger partial charge in [-0.3, -0.25) is 4.79 Å². The van der Waals surface area contributed by atoms with Crippen molar-refractivity contribution >= 4 is 17.7 Å². The molecule has 0 aromatic heterocycles. The standard InChI is InChI=1S/C16H23NO3S/c1-2-20-14-8-6-7-13(11-14)16-17(15(19)12-21-16)9-4-3-5-10-18/h6-8,11,16,18H,2-5,9-10,12H2,1H3. The summed E-state index contributed by atoms with van der Waals surface area (Å²) in [6.07, 6.45) is 2.70. The molecule has 1 fully saturated rings. The Morgan fingerprint density at radius 2 is 2.24 bits per heavy atom. The van der Waals surface area contributed by atoms with Crippen molar-refractivity contribution in [1.82, 2.24) is 4.90 Å². The molecule has 1 aliphatic heterocycles. The van der Waals surface area contributed by atoms with Gasteiger partial charge < -0.3 is 14.7 Å². The Kier molecular flexibility index (Phi) is 6.39. The number of rotatable bonds is 8. The Hall–Kier alpha value is -1.20. The number of hydrogen-bond acceptors (Lipinski definition) is 4. The van der Waals surface area contributed by atoms with Crippen LogP contribution in [0.15, 0.2) is 24.3 Å². The lowest BCUT2D eigenvalue weighted by Gasteiger charge is -2.24. The fourth-order valence-electron chi connectivity index (χ4n) is 2.47. The number of amides is 1. The third kappa shape index (κ3) is 4.38. The number of ether oxygens (including phenoxy) is 1. The summed E-state index contributed by atoms with van der Waals surface area (Å²) < 4.78 is 5.54. The van der Waals surface area contributed by atoms with Crippen LogP contribution in [0, 0.1) is 0 Å². The third-order valence-corrected chi connectivity index (χ3v) is 4.74. The van der Waals surface area contributed by atoms with Crippen molar-refractivity contribution in [2.75, 3.05) is 25.5 Å². The first-order valence-corrected chi connectivity index (χ1v) is 8.56. The van der Waals surface area contributed by atoms with E-state index >= 15 is 0 Å². The van der Waals surface area contributed by atoms with Gasteiger partial charge in [0, 0.05) is 13.2 Å². The minimum Gasteiger partial charge on any atom is -0.494 e. The van der Waals surface area contributed by atoms with Gasteiger partial charge in [0.05, 0.1) is 12.4 Å². The van der Waals surface area contributed by atoms with Crippen molar-refractivity contribution in [1.29, 1.82) is 0 Å². The highest BCUT2D eigenvalue weighted by Crippen LogP contribution is 2.39. The molecule has 0 spiro atoms. The number of aliphatic hydroxyl groups is 1. The molecule has 1 N–H and O–H groups in total. The molecule has 1 aliphatic rings. The Labute approximate surface area is 130 Å². The molecule has 5 heteroatoms. The van der Waals surface area contributed by atoms with Gasteiger partial charge in [-0.05, 0) is 43.9 Å². The first-order valence-electron chi connectivity index (χ1n) is 7.51. The summed E-state index contributed by atoms with van der Waals surface area (Å²) in [6.45, 7) is 3.59. The Bertz CT molecular complexity index is 467. The molecule has 0 aliphatic carbocycles. The van der Waals surface area contributed by atoms with E-state index < -0.39 is 0 Å². The average Bonchev–Trinajstić information content (AvgIpc) is 2.86. The summed E-state index contributed by atoms with van der Waals surface area (Å²) >= 11 is 1.67. The van der Waals surface area contributed by atoms with Crippen LogP contribution >= 0.6 is 11.8 Å². The van der Waals surface area contributed by atoms with Gasteiger partial charge in [-0.25, -0.2) is 0 Å². The van der Waals surface area contributed by atoms with Crippen LogP contribution in [0.2, 0.25) is 0 Å². The van der Waals surface area contributed by atoms with Crippen LogP contribution in [0.25, 0.3) is 0 Å². The van der Waals surface area contributed by atoms with Crippen LogP contribution in [0.3, 0.4) is 0 Å². The van der Waals surface area contributed by atoms with E-state index in [4.69, 9.17) is 9.84 Å². The quantitative estimate of drug-likeness (QED) is 0.750. The van der Waals surface area contributed by atoms with E-state index in [1.807, 2.05) is 30.0 Å². The molecule has 1 aromatic rings. The second-order valence-corrected chi connectivity index (χ2v) is 6.11. The van der Waals surface area contributed by atoms with Crippen molar-refractivity contribution in [2.24, 2.45) is 0 Å². The van der Waals surface area contributed by atoms with Crippen LogP contribution in [0.4, 0.5) is 0 Å². The first-order chi connectivity index (χ1) is 10.3. The molecular weight excluding hydrogens is 286 g/mol. The Morgan fingerprint density at radius 3 is 3.00 bits per heavy atom. The highest BCUT2D eigenvalue weighted by atomic mass is 32.2. The monoisotopic (exact) mass is 309 g/mol. The number of carbonyl (C=O) groups is 1. The maximum Gasteiger partial charge on any atom is 0.233 e. The molecule has 1 unspecified atom stereocenters. The van der Waals surface area contributed by atoms with E-state index in [9.17, 15) is 4.79 Å². The lowest BCUT2D eigenvalue weighted by atomic mass is 10.1. The number of aliphatic hydroxyl groups excluding tert-OH is 1. The number of nitrogens with zero attached hydrogens (tertiary/aromatic N) is 1. The fourth-order valence-corrected chi connectivity index (χ4v) is 3.68. The van der Waals surface area contributed by atoms with Crippen molar-refractivity contribution in [3.8, 4) is 5.75 Å². The maximum atomic E-state index is 12.1. The van der Waals surface area contributed by atoms with Gasteiger partial charge in [-0.2, -0.15) is 0 Å². The summed E-state index contributed by atoms with van der Waals surface area (Å²) in [7, 11) is 0. The molecule has 1 aromatic carbocycles. The molecule has 4 nitrogen and oxygen atoms in total. The molecule has 0 saturated carbocycles. The molecule has 0 radical (unpaired) electrons. The molecule has 21 heavy (non-hydrogen) atoms. The summed E-state index contributed by atoms with van der Waals surface area (Å²) in [6, 6.07) is 8.01. The SMILES string of the molecule is CCOc1cccc(C2SCC(=O)N2CCCCCO)c1. The zero-order valence-corrected chi connectivity index (χ0v) is 13.3. The van der Waals surface area contributed by atoms with Gasteiger partial charge in [-0.1, -0.05) is 12.1 Å². The van der Waals surface area contributed by atoms with Crippen LogP contribution in [0.1, 0.15) is 37.1 Å². The Balaban J connectivity index is 2.02. The predicted octanol–water partition coefficient (Wildman–Crippen LogP) is 2.82. The topological polar surface area (TPSA) is 49.8 Å². The summed E-state index contributed by atoms with van der Waals surface area (Å²) in [5, 5.41) is 8.91. The van der Waals surface area contributed by atoms with Gasteiger partial charge in [0.25, 0.3) is 0 Å². The van der Waals surface area contributed by atoms with Gasteiger partial charge in [0.1, 0.15) is 11.1 Å². The summed E-state index contributed by atoms with van der Waals surface area (Å²) in [5.74, 6) is 1.61. The van der Waals surface area contributed by atoms with E-state index in [0.717, 1.165) is 37.1 Å². The normalized spacial score (nSPS) is 18.3. The van der Waals surface area contributed by atoms with Crippen LogP contribution in [-0.2, 0) is 4.79 Å². The van der Waals surface area contributed by atoms with E-state index in [1.165, 1.54) is 0 Å². The lowest BCUT2D eigenvalue weighted by Crippen LogP contribution is -2.29. The molecule has 1 saturated heterocycles. The number of unbranched alkanes of at least 4 members (excludes halogenated alkanes) is 2. The minimum absolute atomic E-state index is 0.0898. The molecular formula is C16H23NO3S. The van der Waals surface area contributed by atoms with E-state index in [-0.39, 0.29) is 17.9 Å². The Morgan fingerprint density at radius 1 is 1.38 bits per heavy atom. The molecule has 2 rings (SSSR count). The van der Waals surface area contributed by atoms with Crippen LogP contribution in [-0.4, -0.2) is 41.4 Å². The zero-order chi connectivity index (χ0) is 15.1. The third-order valence-electron chi connectivity index (χ3n) is 3.48. The van der Waals surface area contributed by atoms with E-state index in [1.54, 1.807) is 11.8 Å². The molecule has 1 heterocycles. The minimum atomic E-state index is 0.0898. The van der Waals surface area contributed by atoms with Crippen LogP contribution < -0.4 is 4.74 Å². The number of thioether (sulfide) groups is 1. The number of carbonyl (C=O) groups excluding carboxylic acids is 1. The second-order valence-electron chi connectivity index (χ2n) is 5.04. The molecule has 1 amide bonds. The fraction of sp³-hybridized carbons (Fsp3) is 0.562. The van der Waals surface area contributed by atoms with E-state index in [2.05, 4.69) is 6.07 Å². The summed E-state index contributed by atoms with van der Waals surface area (Å²) in [4.78, 5) is 14.0. The van der Waals surface area contributed by atoms with Crippen molar-refractivity contribution < 1.29 is 14.6 Å². The van der Waals surface area contributed by atoms with Crippen molar-refractivity contribution in [3.63, 3.8) is 0 Å². The van der Waals surface area contributed by atoms with Gasteiger partial charge in [0.15, 0.2) is 0 Å². The summed E-state index contributed by atoms with van der Waals surface area (Å²) in [5.41, 5.74) is 1.12. The highest BCUT2D eigenvalue weighted by molar-refractivity contribution is 8.00. The molecule has 0 bridgehead atoms. The predicted molar refractivity (Wildman–Crippen MR) is 85.5 cm³/mol.